The molecule has 2 aromatic carbocycles. The quantitative estimate of drug-likeness (QED) is 0.535. The number of methoxy groups -OCH3 is 3. The number of anilines is 1. The summed E-state index contributed by atoms with van der Waals surface area (Å²) in [6.45, 7) is 0.756. The highest BCUT2D eigenvalue weighted by molar-refractivity contribution is 7.10. The van der Waals surface area contributed by atoms with Crippen molar-refractivity contribution in [3.05, 3.63) is 76.0 Å². The number of rotatable bonds is 8. The average Bonchev–Trinajstić information content (AvgIpc) is 3.37. The summed E-state index contributed by atoms with van der Waals surface area (Å²) >= 11 is 1.53. The number of nitrogens with zero attached hydrogens (tertiary/aromatic N) is 1. The van der Waals surface area contributed by atoms with Crippen LogP contribution in [0.1, 0.15) is 32.8 Å². The first-order valence-corrected chi connectivity index (χ1v) is 11.4. The number of carbonyl (C=O) groups is 2. The highest BCUT2D eigenvalue weighted by Crippen LogP contribution is 2.44. The van der Waals surface area contributed by atoms with Crippen LogP contribution < -0.4 is 14.8 Å². The van der Waals surface area contributed by atoms with E-state index in [0.717, 1.165) is 4.88 Å². The van der Waals surface area contributed by atoms with Gasteiger partial charge in [-0.3, -0.25) is 9.59 Å². The van der Waals surface area contributed by atoms with E-state index in [1.54, 1.807) is 50.5 Å². The van der Waals surface area contributed by atoms with Gasteiger partial charge in [0.05, 0.1) is 32.8 Å². The molecule has 8 heteroatoms. The number of benzene rings is 2. The Morgan fingerprint density at radius 1 is 1.03 bits per heavy atom. The van der Waals surface area contributed by atoms with Crippen molar-refractivity contribution in [2.75, 3.05) is 39.8 Å². The van der Waals surface area contributed by atoms with Gasteiger partial charge in [-0.25, -0.2) is 0 Å². The molecule has 1 aliphatic heterocycles. The summed E-state index contributed by atoms with van der Waals surface area (Å²) in [5.74, 6) is 0.194. The summed E-state index contributed by atoms with van der Waals surface area (Å²) in [5, 5.41) is 4.98. The first-order chi connectivity index (χ1) is 16.1. The summed E-state index contributed by atoms with van der Waals surface area (Å²) in [6, 6.07) is 16.0. The predicted molar refractivity (Wildman–Crippen MR) is 127 cm³/mol. The normalized spacial score (nSPS) is 17.4. The topological polar surface area (TPSA) is 77.1 Å². The summed E-state index contributed by atoms with van der Waals surface area (Å²) in [5.41, 5.74) is 1.84. The van der Waals surface area contributed by atoms with Crippen LogP contribution in [0.4, 0.5) is 5.69 Å². The van der Waals surface area contributed by atoms with Crippen LogP contribution in [0.25, 0.3) is 0 Å². The molecule has 4 rings (SSSR count). The van der Waals surface area contributed by atoms with Crippen LogP contribution in [-0.4, -0.2) is 51.2 Å². The molecule has 0 unspecified atom stereocenters. The molecule has 2 amide bonds. The summed E-state index contributed by atoms with van der Waals surface area (Å²) in [7, 11) is 4.71. The standard InChI is InChI=1S/C25H26N2O5S/c1-30-13-12-27-23(21-9-6-14-33-21)22(17-7-4-5-8-18(17)25(27)29)24(28)26-16-10-11-19(31-2)20(15-16)32-3/h4-11,14-15,22-23H,12-13H2,1-3H3,(H,26,28)/t22-,23+/m1/s1. The zero-order valence-electron chi connectivity index (χ0n) is 18.7. The highest BCUT2D eigenvalue weighted by atomic mass is 32.1. The Labute approximate surface area is 196 Å². The van der Waals surface area contributed by atoms with E-state index in [-0.39, 0.29) is 11.8 Å². The van der Waals surface area contributed by atoms with Crippen molar-refractivity contribution < 1.29 is 23.8 Å². The molecular weight excluding hydrogens is 440 g/mol. The van der Waals surface area contributed by atoms with Gasteiger partial charge < -0.3 is 24.4 Å². The van der Waals surface area contributed by atoms with E-state index in [0.29, 0.717) is 41.5 Å². The Morgan fingerprint density at radius 3 is 2.52 bits per heavy atom. The molecule has 0 fully saturated rings. The van der Waals surface area contributed by atoms with Crippen LogP contribution in [0.5, 0.6) is 11.5 Å². The van der Waals surface area contributed by atoms with Crippen LogP contribution in [0.2, 0.25) is 0 Å². The van der Waals surface area contributed by atoms with Crippen molar-refractivity contribution in [1.29, 1.82) is 0 Å². The summed E-state index contributed by atoms with van der Waals surface area (Å²) in [6.07, 6.45) is 0. The van der Waals surface area contributed by atoms with Gasteiger partial charge in [-0.15, -0.1) is 11.3 Å². The third-order valence-corrected chi connectivity index (χ3v) is 6.69. The average molecular weight is 467 g/mol. The van der Waals surface area contributed by atoms with E-state index in [1.807, 2.05) is 35.7 Å². The number of carbonyl (C=O) groups excluding carboxylic acids is 2. The predicted octanol–water partition coefficient (Wildman–Crippen LogP) is 4.33. The monoisotopic (exact) mass is 466 g/mol. The van der Waals surface area contributed by atoms with Crippen molar-refractivity contribution in [1.82, 2.24) is 4.90 Å². The van der Waals surface area contributed by atoms with E-state index in [2.05, 4.69) is 5.32 Å². The second-order valence-electron chi connectivity index (χ2n) is 7.58. The third kappa shape index (κ3) is 4.44. The molecule has 0 spiro atoms. The van der Waals surface area contributed by atoms with Crippen LogP contribution in [0.3, 0.4) is 0 Å². The van der Waals surface area contributed by atoms with Crippen molar-refractivity contribution in [2.45, 2.75) is 12.0 Å². The highest BCUT2D eigenvalue weighted by Gasteiger charge is 2.44. The number of fused-ring (bicyclic) bond motifs is 1. The molecule has 7 nitrogen and oxygen atoms in total. The molecule has 3 aromatic rings. The minimum Gasteiger partial charge on any atom is -0.493 e. The molecule has 172 valence electrons. The Morgan fingerprint density at radius 2 is 1.82 bits per heavy atom. The number of hydrogen-bond donors (Lipinski definition) is 1. The lowest BCUT2D eigenvalue weighted by atomic mass is 9.81. The summed E-state index contributed by atoms with van der Waals surface area (Å²) in [4.78, 5) is 29.9. The van der Waals surface area contributed by atoms with Crippen molar-refractivity contribution in [3.63, 3.8) is 0 Å². The Hall–Kier alpha value is -3.36. The fourth-order valence-corrected chi connectivity index (χ4v) is 5.09. The maximum atomic E-state index is 13.8. The number of nitrogens with one attached hydrogen (secondary N) is 1. The zero-order chi connectivity index (χ0) is 23.4. The minimum atomic E-state index is -0.595. The largest absolute Gasteiger partial charge is 0.493 e. The maximum Gasteiger partial charge on any atom is 0.254 e. The second-order valence-corrected chi connectivity index (χ2v) is 8.55. The fraction of sp³-hybridized carbons (Fsp3) is 0.280. The van der Waals surface area contributed by atoms with Gasteiger partial charge in [0.25, 0.3) is 5.91 Å². The van der Waals surface area contributed by atoms with E-state index in [1.165, 1.54) is 11.3 Å². The Balaban J connectivity index is 1.76. The summed E-state index contributed by atoms with van der Waals surface area (Å²) < 4.78 is 15.9. The van der Waals surface area contributed by atoms with Gasteiger partial charge in [-0.1, -0.05) is 24.3 Å². The van der Waals surface area contributed by atoms with Gasteiger partial charge in [0.2, 0.25) is 5.91 Å². The van der Waals surface area contributed by atoms with Gasteiger partial charge in [-0.05, 0) is 35.2 Å². The lowest BCUT2D eigenvalue weighted by Crippen LogP contribution is -2.47. The molecule has 33 heavy (non-hydrogen) atoms. The molecule has 0 saturated heterocycles. The first-order valence-electron chi connectivity index (χ1n) is 10.5. The second kappa shape index (κ2) is 10.1. The third-order valence-electron chi connectivity index (χ3n) is 5.74. The van der Waals surface area contributed by atoms with Crippen molar-refractivity contribution >= 4 is 28.8 Å². The number of hydrogen-bond acceptors (Lipinski definition) is 6. The van der Waals surface area contributed by atoms with Gasteiger partial charge in [-0.2, -0.15) is 0 Å². The van der Waals surface area contributed by atoms with Gasteiger partial charge in [0.15, 0.2) is 11.5 Å². The van der Waals surface area contributed by atoms with Gasteiger partial charge in [0, 0.05) is 35.8 Å². The molecular formula is C25H26N2O5S. The van der Waals surface area contributed by atoms with Gasteiger partial charge >= 0.3 is 0 Å². The molecule has 2 atom stereocenters. The number of ether oxygens (including phenoxy) is 3. The Bertz CT molecular complexity index is 1130. The lowest BCUT2D eigenvalue weighted by molar-refractivity contribution is -0.119. The van der Waals surface area contributed by atoms with E-state index >= 15 is 0 Å². The lowest BCUT2D eigenvalue weighted by Gasteiger charge is -2.41. The Kier molecular flexibility index (Phi) is 6.96. The molecule has 0 radical (unpaired) electrons. The zero-order valence-corrected chi connectivity index (χ0v) is 19.6. The molecule has 0 saturated carbocycles. The van der Waals surface area contributed by atoms with E-state index in [4.69, 9.17) is 14.2 Å². The van der Waals surface area contributed by atoms with Crippen LogP contribution in [0, 0.1) is 0 Å². The number of thiophene rings is 1. The molecule has 1 aromatic heterocycles. The van der Waals surface area contributed by atoms with E-state index < -0.39 is 12.0 Å². The van der Waals surface area contributed by atoms with Gasteiger partial charge in [0.1, 0.15) is 0 Å². The molecule has 0 aliphatic carbocycles. The van der Waals surface area contributed by atoms with Crippen molar-refractivity contribution in [3.8, 4) is 11.5 Å². The van der Waals surface area contributed by atoms with E-state index in [9.17, 15) is 9.59 Å². The molecule has 0 bridgehead atoms. The first kappa shape index (κ1) is 22.8. The molecule has 1 aliphatic rings. The molecule has 1 N–H and O–H groups in total. The fourth-order valence-electron chi connectivity index (χ4n) is 4.22. The number of amides is 2. The van der Waals surface area contributed by atoms with Crippen LogP contribution >= 0.6 is 11.3 Å². The maximum absolute atomic E-state index is 13.8. The van der Waals surface area contributed by atoms with Crippen LogP contribution in [0.15, 0.2) is 60.0 Å². The minimum absolute atomic E-state index is 0.101. The smallest absolute Gasteiger partial charge is 0.254 e. The van der Waals surface area contributed by atoms with Crippen LogP contribution in [-0.2, 0) is 9.53 Å². The molecule has 2 heterocycles. The van der Waals surface area contributed by atoms with Crippen molar-refractivity contribution in [2.24, 2.45) is 0 Å². The SMILES string of the molecule is COCCN1C(=O)c2ccccc2[C@@H](C(=O)Nc2ccc(OC)c(OC)c2)[C@@H]1c1cccs1.